The first-order valence-electron chi connectivity index (χ1n) is 3.76. The van der Waals surface area contributed by atoms with Gasteiger partial charge in [0.1, 0.15) is 5.75 Å². The van der Waals surface area contributed by atoms with Crippen LogP contribution in [0.1, 0.15) is 0 Å². The van der Waals surface area contributed by atoms with E-state index in [-0.39, 0.29) is 5.75 Å². The van der Waals surface area contributed by atoms with Crippen molar-refractivity contribution in [3.63, 3.8) is 0 Å². The Morgan fingerprint density at radius 1 is 1.00 bits per heavy atom. The van der Waals surface area contributed by atoms with Crippen LogP contribution in [0.25, 0.3) is 10.8 Å². The zero-order valence-corrected chi connectivity index (χ0v) is 9.76. The number of hydrogen-bond acceptors (Lipinski definition) is 1. The topological polar surface area (TPSA) is 20.2 Å². The standard InChI is InChI=1S/C10H6Br2O/c11-7-3-1-2-6-4-5-8(13)10(12)9(6)7/h1-5,13H. The van der Waals surface area contributed by atoms with E-state index in [4.69, 9.17) is 0 Å². The summed E-state index contributed by atoms with van der Waals surface area (Å²) in [5.74, 6) is 0.263. The Bertz CT molecular complexity index is 466. The molecule has 0 saturated carbocycles. The molecule has 0 spiro atoms. The van der Waals surface area contributed by atoms with Gasteiger partial charge in [-0.15, -0.1) is 0 Å². The fraction of sp³-hybridized carbons (Fsp3) is 0. The molecule has 1 nitrogen and oxygen atoms in total. The van der Waals surface area contributed by atoms with Gasteiger partial charge in [0.15, 0.2) is 0 Å². The molecule has 0 bridgehead atoms. The molecule has 0 aliphatic carbocycles. The van der Waals surface area contributed by atoms with Gasteiger partial charge in [-0.05, 0) is 33.4 Å². The second-order valence-corrected chi connectivity index (χ2v) is 4.38. The van der Waals surface area contributed by atoms with Crippen LogP contribution in [0.3, 0.4) is 0 Å². The molecule has 2 aromatic carbocycles. The van der Waals surface area contributed by atoms with E-state index in [0.717, 1.165) is 19.7 Å². The van der Waals surface area contributed by atoms with Crippen LogP contribution in [0.15, 0.2) is 39.3 Å². The van der Waals surface area contributed by atoms with E-state index in [1.807, 2.05) is 24.3 Å². The van der Waals surface area contributed by atoms with Crippen molar-refractivity contribution in [2.45, 2.75) is 0 Å². The maximum atomic E-state index is 9.47. The zero-order chi connectivity index (χ0) is 9.42. The van der Waals surface area contributed by atoms with E-state index < -0.39 is 0 Å². The average molecular weight is 302 g/mol. The van der Waals surface area contributed by atoms with Gasteiger partial charge < -0.3 is 5.11 Å². The third-order valence-electron chi connectivity index (χ3n) is 1.91. The highest BCUT2D eigenvalue weighted by Gasteiger charge is 2.05. The lowest BCUT2D eigenvalue weighted by Crippen LogP contribution is -1.77. The van der Waals surface area contributed by atoms with Gasteiger partial charge in [-0.1, -0.05) is 34.1 Å². The molecule has 0 aliphatic rings. The maximum absolute atomic E-state index is 9.47. The summed E-state index contributed by atoms with van der Waals surface area (Å²) in [6.07, 6.45) is 0. The van der Waals surface area contributed by atoms with Crippen LogP contribution in [0.5, 0.6) is 5.75 Å². The van der Waals surface area contributed by atoms with Crippen molar-refractivity contribution >= 4 is 42.6 Å². The van der Waals surface area contributed by atoms with Crippen LogP contribution >= 0.6 is 31.9 Å². The molecule has 0 aliphatic heterocycles. The van der Waals surface area contributed by atoms with Gasteiger partial charge in [-0.3, -0.25) is 0 Å². The molecule has 0 unspecified atom stereocenters. The molecule has 0 heterocycles. The normalized spacial score (nSPS) is 10.6. The van der Waals surface area contributed by atoms with Gasteiger partial charge in [-0.25, -0.2) is 0 Å². The molecule has 66 valence electrons. The highest BCUT2D eigenvalue weighted by molar-refractivity contribution is 9.11. The van der Waals surface area contributed by atoms with E-state index in [0.29, 0.717) is 0 Å². The number of benzene rings is 2. The zero-order valence-electron chi connectivity index (χ0n) is 6.59. The van der Waals surface area contributed by atoms with Gasteiger partial charge >= 0.3 is 0 Å². The summed E-state index contributed by atoms with van der Waals surface area (Å²) >= 11 is 6.79. The third kappa shape index (κ3) is 1.46. The molecule has 2 rings (SSSR count). The van der Waals surface area contributed by atoms with Crippen molar-refractivity contribution in [2.75, 3.05) is 0 Å². The SMILES string of the molecule is Oc1ccc2cccc(Br)c2c1Br. The van der Waals surface area contributed by atoms with Crippen molar-refractivity contribution in [2.24, 2.45) is 0 Å². The fourth-order valence-electron chi connectivity index (χ4n) is 1.28. The fourth-order valence-corrected chi connectivity index (χ4v) is 2.70. The first kappa shape index (κ1) is 9.03. The van der Waals surface area contributed by atoms with E-state index in [1.54, 1.807) is 6.07 Å². The van der Waals surface area contributed by atoms with E-state index >= 15 is 0 Å². The van der Waals surface area contributed by atoms with Crippen molar-refractivity contribution in [3.8, 4) is 5.75 Å². The minimum atomic E-state index is 0.263. The number of phenolic OH excluding ortho intramolecular Hbond substituents is 1. The first-order valence-corrected chi connectivity index (χ1v) is 5.34. The molecule has 0 atom stereocenters. The lowest BCUT2D eigenvalue weighted by Gasteiger charge is -2.04. The van der Waals surface area contributed by atoms with Crippen LogP contribution in [-0.2, 0) is 0 Å². The molecule has 1 N–H and O–H groups in total. The Morgan fingerprint density at radius 3 is 2.54 bits per heavy atom. The first-order chi connectivity index (χ1) is 6.20. The minimum absolute atomic E-state index is 0.263. The summed E-state index contributed by atoms with van der Waals surface area (Å²) in [5.41, 5.74) is 0. The monoisotopic (exact) mass is 300 g/mol. The summed E-state index contributed by atoms with van der Waals surface area (Å²) in [6, 6.07) is 9.49. The summed E-state index contributed by atoms with van der Waals surface area (Å²) in [6.45, 7) is 0. The van der Waals surface area contributed by atoms with E-state index in [9.17, 15) is 5.11 Å². The molecule has 0 radical (unpaired) electrons. The lowest BCUT2D eigenvalue weighted by atomic mass is 10.1. The second-order valence-electron chi connectivity index (χ2n) is 2.74. The molecule has 0 amide bonds. The van der Waals surface area contributed by atoms with Crippen LogP contribution in [0.2, 0.25) is 0 Å². The van der Waals surface area contributed by atoms with Crippen molar-refractivity contribution in [3.05, 3.63) is 39.3 Å². The predicted octanol–water partition coefficient (Wildman–Crippen LogP) is 4.07. The Labute approximate surface area is 92.6 Å². The van der Waals surface area contributed by atoms with Gasteiger partial charge in [0, 0.05) is 9.86 Å². The Morgan fingerprint density at radius 2 is 1.77 bits per heavy atom. The van der Waals surface area contributed by atoms with Crippen LogP contribution in [0.4, 0.5) is 0 Å². The molecule has 3 heteroatoms. The molecule has 2 aromatic rings. The number of halogens is 2. The lowest BCUT2D eigenvalue weighted by molar-refractivity contribution is 0.473. The molecule has 0 fully saturated rings. The summed E-state index contributed by atoms with van der Waals surface area (Å²) in [4.78, 5) is 0. The molecule has 13 heavy (non-hydrogen) atoms. The summed E-state index contributed by atoms with van der Waals surface area (Å²) < 4.78 is 1.71. The minimum Gasteiger partial charge on any atom is -0.507 e. The Balaban J connectivity index is 2.97. The number of aromatic hydroxyl groups is 1. The van der Waals surface area contributed by atoms with E-state index in [2.05, 4.69) is 31.9 Å². The highest BCUT2D eigenvalue weighted by Crippen LogP contribution is 2.36. The Hall–Kier alpha value is -0.540. The van der Waals surface area contributed by atoms with E-state index in [1.165, 1.54) is 0 Å². The number of fused-ring (bicyclic) bond motifs is 1. The van der Waals surface area contributed by atoms with Gasteiger partial charge in [0.2, 0.25) is 0 Å². The van der Waals surface area contributed by atoms with Crippen molar-refractivity contribution in [1.29, 1.82) is 0 Å². The largest absolute Gasteiger partial charge is 0.507 e. The highest BCUT2D eigenvalue weighted by atomic mass is 79.9. The summed E-state index contributed by atoms with van der Waals surface area (Å²) in [7, 11) is 0. The molecule has 0 saturated heterocycles. The van der Waals surface area contributed by atoms with Gasteiger partial charge in [-0.2, -0.15) is 0 Å². The quantitative estimate of drug-likeness (QED) is 0.778. The van der Waals surface area contributed by atoms with Gasteiger partial charge in [0.05, 0.1) is 4.47 Å². The third-order valence-corrected chi connectivity index (χ3v) is 3.37. The van der Waals surface area contributed by atoms with Crippen LogP contribution in [0, 0.1) is 0 Å². The molecule has 0 aromatic heterocycles. The predicted molar refractivity (Wildman–Crippen MR) is 61.0 cm³/mol. The smallest absolute Gasteiger partial charge is 0.130 e. The van der Waals surface area contributed by atoms with Crippen LogP contribution in [-0.4, -0.2) is 5.11 Å². The van der Waals surface area contributed by atoms with Gasteiger partial charge in [0.25, 0.3) is 0 Å². The number of phenols is 1. The Kier molecular flexibility index (Phi) is 2.30. The molecular formula is C10H6Br2O. The molecular weight excluding hydrogens is 296 g/mol. The number of rotatable bonds is 0. The average Bonchev–Trinajstić information content (AvgIpc) is 2.12. The number of hydrogen-bond donors (Lipinski definition) is 1. The van der Waals surface area contributed by atoms with Crippen molar-refractivity contribution in [1.82, 2.24) is 0 Å². The van der Waals surface area contributed by atoms with Crippen molar-refractivity contribution < 1.29 is 5.11 Å². The second kappa shape index (κ2) is 3.31. The summed E-state index contributed by atoms with van der Waals surface area (Å²) in [5, 5.41) is 11.6. The maximum Gasteiger partial charge on any atom is 0.130 e. The van der Waals surface area contributed by atoms with Crippen LogP contribution < -0.4 is 0 Å².